The van der Waals surface area contributed by atoms with Crippen LogP contribution < -0.4 is 16.4 Å². The highest BCUT2D eigenvalue weighted by Crippen LogP contribution is 2.25. The highest BCUT2D eigenvalue weighted by Gasteiger charge is 2.33. The van der Waals surface area contributed by atoms with E-state index in [9.17, 15) is 14.4 Å². The van der Waals surface area contributed by atoms with Crippen LogP contribution in [0.1, 0.15) is 19.3 Å². The number of rotatable bonds is 7. The minimum atomic E-state index is -0.882. The second-order valence-electron chi connectivity index (χ2n) is 4.40. The summed E-state index contributed by atoms with van der Waals surface area (Å²) in [7, 11) is 0. The smallest absolute Gasteiger partial charge is 0.315 e. The predicted molar refractivity (Wildman–Crippen MR) is 65.3 cm³/mol. The topological polar surface area (TPSA) is 131 Å². The van der Waals surface area contributed by atoms with Gasteiger partial charge in [0.15, 0.2) is 0 Å². The molecule has 8 nitrogen and oxygen atoms in total. The first kappa shape index (κ1) is 15.2. The SMILES string of the molecule is NC(=O)COCCNC(=O)NC1CCCC1C(=O)O. The maximum absolute atomic E-state index is 11.5. The molecule has 0 saturated heterocycles. The fourth-order valence-corrected chi connectivity index (χ4v) is 2.06. The Morgan fingerprint density at radius 3 is 2.68 bits per heavy atom. The second kappa shape index (κ2) is 7.57. The maximum atomic E-state index is 11.5. The van der Waals surface area contributed by atoms with Crippen molar-refractivity contribution in [3.8, 4) is 0 Å². The summed E-state index contributed by atoms with van der Waals surface area (Å²) < 4.78 is 4.86. The van der Waals surface area contributed by atoms with Crippen molar-refractivity contribution < 1.29 is 24.2 Å². The third kappa shape index (κ3) is 5.56. The first-order valence-corrected chi connectivity index (χ1v) is 6.14. The molecule has 0 aliphatic heterocycles. The molecule has 0 aromatic heterocycles. The molecule has 0 bridgehead atoms. The van der Waals surface area contributed by atoms with Crippen molar-refractivity contribution >= 4 is 17.9 Å². The fourth-order valence-electron chi connectivity index (χ4n) is 2.06. The highest BCUT2D eigenvalue weighted by atomic mass is 16.5. The van der Waals surface area contributed by atoms with Gasteiger partial charge in [0.25, 0.3) is 0 Å². The highest BCUT2D eigenvalue weighted by molar-refractivity contribution is 5.77. The molecule has 8 heteroatoms. The molecule has 2 unspecified atom stereocenters. The summed E-state index contributed by atoms with van der Waals surface area (Å²) in [4.78, 5) is 32.8. The molecule has 0 aromatic carbocycles. The number of carboxylic acids is 1. The summed E-state index contributed by atoms with van der Waals surface area (Å²) in [5.41, 5.74) is 4.87. The fraction of sp³-hybridized carbons (Fsp3) is 0.727. The van der Waals surface area contributed by atoms with Gasteiger partial charge in [0.1, 0.15) is 6.61 Å². The van der Waals surface area contributed by atoms with Gasteiger partial charge in [0, 0.05) is 12.6 Å². The van der Waals surface area contributed by atoms with Gasteiger partial charge in [-0.2, -0.15) is 0 Å². The molecular weight excluding hydrogens is 254 g/mol. The van der Waals surface area contributed by atoms with Gasteiger partial charge in [-0.15, -0.1) is 0 Å². The van der Waals surface area contributed by atoms with Crippen molar-refractivity contribution in [3.63, 3.8) is 0 Å². The van der Waals surface area contributed by atoms with E-state index in [1.807, 2.05) is 0 Å². The van der Waals surface area contributed by atoms with E-state index in [0.29, 0.717) is 12.8 Å². The Labute approximate surface area is 110 Å². The lowest BCUT2D eigenvalue weighted by molar-refractivity contribution is -0.142. The zero-order chi connectivity index (χ0) is 14.3. The lowest BCUT2D eigenvalue weighted by Gasteiger charge is -2.17. The van der Waals surface area contributed by atoms with E-state index >= 15 is 0 Å². The first-order chi connectivity index (χ1) is 9.00. The van der Waals surface area contributed by atoms with Crippen molar-refractivity contribution in [2.24, 2.45) is 11.7 Å². The summed E-state index contributed by atoms with van der Waals surface area (Å²) in [6.07, 6.45) is 2.05. The summed E-state index contributed by atoms with van der Waals surface area (Å²) in [5.74, 6) is -1.97. The van der Waals surface area contributed by atoms with Gasteiger partial charge in [0.05, 0.1) is 12.5 Å². The number of ether oxygens (including phenoxy) is 1. The molecule has 1 fully saturated rings. The van der Waals surface area contributed by atoms with Crippen LogP contribution in [-0.4, -0.2) is 48.8 Å². The van der Waals surface area contributed by atoms with Crippen molar-refractivity contribution in [1.82, 2.24) is 10.6 Å². The van der Waals surface area contributed by atoms with Gasteiger partial charge in [-0.25, -0.2) is 4.79 Å². The van der Waals surface area contributed by atoms with Gasteiger partial charge in [-0.05, 0) is 12.8 Å². The van der Waals surface area contributed by atoms with Gasteiger partial charge < -0.3 is 26.2 Å². The lowest BCUT2D eigenvalue weighted by atomic mass is 10.0. The number of urea groups is 1. The minimum absolute atomic E-state index is 0.170. The van der Waals surface area contributed by atoms with Crippen LogP contribution >= 0.6 is 0 Å². The molecule has 3 amide bonds. The van der Waals surface area contributed by atoms with Crippen LogP contribution in [0.25, 0.3) is 0 Å². The van der Waals surface area contributed by atoms with Gasteiger partial charge in [-0.3, -0.25) is 9.59 Å². The molecule has 1 saturated carbocycles. The van der Waals surface area contributed by atoms with Gasteiger partial charge in [0.2, 0.25) is 5.91 Å². The molecule has 2 atom stereocenters. The van der Waals surface area contributed by atoms with E-state index in [1.165, 1.54) is 0 Å². The van der Waals surface area contributed by atoms with E-state index < -0.39 is 23.8 Å². The molecule has 1 aliphatic rings. The molecule has 0 heterocycles. The number of carboxylic acid groups (broad SMARTS) is 1. The average Bonchev–Trinajstić information content (AvgIpc) is 2.76. The van der Waals surface area contributed by atoms with Gasteiger partial charge >= 0.3 is 12.0 Å². The molecule has 1 aliphatic carbocycles. The molecule has 0 aromatic rings. The van der Waals surface area contributed by atoms with Crippen LogP contribution in [0.15, 0.2) is 0 Å². The van der Waals surface area contributed by atoms with Crippen LogP contribution in [0.4, 0.5) is 4.79 Å². The number of carbonyl (C=O) groups is 3. The standard InChI is InChI=1S/C11H19N3O5/c12-9(15)6-19-5-4-13-11(18)14-8-3-1-2-7(8)10(16)17/h7-8H,1-6H2,(H2,12,15)(H,16,17)(H2,13,14,18). The quantitative estimate of drug-likeness (QED) is 0.444. The zero-order valence-electron chi connectivity index (χ0n) is 10.6. The molecule has 19 heavy (non-hydrogen) atoms. The third-order valence-corrected chi connectivity index (χ3v) is 2.93. The third-order valence-electron chi connectivity index (χ3n) is 2.93. The number of hydrogen-bond acceptors (Lipinski definition) is 4. The maximum Gasteiger partial charge on any atom is 0.315 e. The monoisotopic (exact) mass is 273 g/mol. The zero-order valence-corrected chi connectivity index (χ0v) is 10.6. The first-order valence-electron chi connectivity index (χ1n) is 6.14. The number of nitrogens with two attached hydrogens (primary N) is 1. The Balaban J connectivity index is 2.17. The Hall–Kier alpha value is -1.83. The van der Waals surface area contributed by atoms with Crippen molar-refractivity contribution in [2.45, 2.75) is 25.3 Å². The predicted octanol–water partition coefficient (Wildman–Crippen LogP) is -0.959. The number of amides is 3. The normalized spacial score (nSPS) is 21.9. The van der Waals surface area contributed by atoms with Crippen LogP contribution in [0.3, 0.4) is 0 Å². The number of carbonyl (C=O) groups excluding carboxylic acids is 2. The van der Waals surface area contributed by atoms with Crippen LogP contribution in [0.2, 0.25) is 0 Å². The lowest BCUT2D eigenvalue weighted by Crippen LogP contribution is -2.46. The molecule has 0 spiro atoms. The summed E-state index contributed by atoms with van der Waals surface area (Å²) >= 11 is 0. The Kier molecular flexibility index (Phi) is 6.07. The van der Waals surface area contributed by atoms with Crippen molar-refractivity contribution in [3.05, 3.63) is 0 Å². The second-order valence-corrected chi connectivity index (χ2v) is 4.40. The number of hydrogen-bond donors (Lipinski definition) is 4. The Morgan fingerprint density at radius 1 is 1.32 bits per heavy atom. The number of nitrogens with one attached hydrogen (secondary N) is 2. The van der Waals surface area contributed by atoms with Crippen molar-refractivity contribution in [1.29, 1.82) is 0 Å². The van der Waals surface area contributed by atoms with E-state index in [-0.39, 0.29) is 25.8 Å². The van der Waals surface area contributed by atoms with Crippen LogP contribution in [0, 0.1) is 5.92 Å². The van der Waals surface area contributed by atoms with E-state index in [0.717, 1.165) is 6.42 Å². The number of aliphatic carboxylic acids is 1. The van der Waals surface area contributed by atoms with Crippen LogP contribution in [0.5, 0.6) is 0 Å². The molecule has 5 N–H and O–H groups in total. The summed E-state index contributed by atoms with van der Waals surface area (Å²) in [6.45, 7) is 0.208. The largest absolute Gasteiger partial charge is 0.481 e. The van der Waals surface area contributed by atoms with E-state index in [4.69, 9.17) is 15.6 Å². The van der Waals surface area contributed by atoms with E-state index in [2.05, 4.69) is 10.6 Å². The number of primary amides is 1. The molecule has 0 radical (unpaired) electrons. The molecular formula is C11H19N3O5. The van der Waals surface area contributed by atoms with Crippen molar-refractivity contribution in [2.75, 3.05) is 19.8 Å². The minimum Gasteiger partial charge on any atom is -0.481 e. The molecule has 1 rings (SSSR count). The molecule has 108 valence electrons. The summed E-state index contributed by atoms with van der Waals surface area (Å²) in [6, 6.07) is -0.759. The Bertz CT molecular complexity index is 347. The Morgan fingerprint density at radius 2 is 2.05 bits per heavy atom. The van der Waals surface area contributed by atoms with Crippen LogP contribution in [-0.2, 0) is 14.3 Å². The van der Waals surface area contributed by atoms with E-state index in [1.54, 1.807) is 0 Å². The average molecular weight is 273 g/mol. The summed E-state index contributed by atoms with van der Waals surface area (Å²) in [5, 5.41) is 14.1. The van der Waals surface area contributed by atoms with Gasteiger partial charge in [-0.1, -0.05) is 6.42 Å².